The highest BCUT2D eigenvalue weighted by Crippen LogP contribution is 2.44. The van der Waals surface area contributed by atoms with E-state index >= 15 is 0 Å². The Morgan fingerprint density at radius 2 is 1.50 bits per heavy atom. The zero-order valence-electron chi connectivity index (χ0n) is 21.6. The molecular formula is C28H34N2O6. The van der Waals surface area contributed by atoms with Gasteiger partial charge in [-0.05, 0) is 42.7 Å². The maximum absolute atomic E-state index is 12.4. The van der Waals surface area contributed by atoms with Gasteiger partial charge in [-0.15, -0.1) is 0 Å². The van der Waals surface area contributed by atoms with Crippen molar-refractivity contribution in [3.8, 4) is 39.6 Å². The minimum atomic E-state index is -0.473. The van der Waals surface area contributed by atoms with E-state index in [1.807, 2.05) is 30.3 Å². The fraction of sp³-hybridized carbons (Fsp3) is 0.393. The Balaban J connectivity index is 2.18. The Bertz CT molecular complexity index is 1160. The standard InChI is InChI=1S/C28H34N2O6/c1-6-8-16-34-23-14-15-24(25(18-23)35-17-9-7-2)27-26(21-10-12-22(33-5)13-11-21)28(36-29-27)30(19(3)31)20(4)32/h10-15,18H,6-9,16-17H2,1-5H3. The minimum absolute atomic E-state index is 0.0537. The molecule has 0 radical (unpaired) electrons. The molecule has 0 saturated heterocycles. The number of rotatable bonds is 12. The lowest BCUT2D eigenvalue weighted by molar-refractivity contribution is -0.124. The normalized spacial score (nSPS) is 10.7. The van der Waals surface area contributed by atoms with Gasteiger partial charge in [-0.1, -0.05) is 44.0 Å². The second kappa shape index (κ2) is 12.8. The van der Waals surface area contributed by atoms with Crippen molar-refractivity contribution < 1.29 is 28.3 Å². The molecule has 0 bridgehead atoms. The lowest BCUT2D eigenvalue weighted by Crippen LogP contribution is -2.33. The Hall–Kier alpha value is -3.81. The maximum Gasteiger partial charge on any atom is 0.249 e. The second-order valence-corrected chi connectivity index (χ2v) is 8.38. The van der Waals surface area contributed by atoms with Gasteiger partial charge < -0.3 is 18.7 Å². The first kappa shape index (κ1) is 26.8. The highest BCUT2D eigenvalue weighted by atomic mass is 16.5. The van der Waals surface area contributed by atoms with Crippen LogP contribution in [0.15, 0.2) is 47.0 Å². The number of aromatic nitrogens is 1. The number of anilines is 1. The van der Waals surface area contributed by atoms with Crippen molar-refractivity contribution in [2.75, 3.05) is 25.2 Å². The second-order valence-electron chi connectivity index (χ2n) is 8.38. The number of carbonyl (C=O) groups is 2. The van der Waals surface area contributed by atoms with Crippen LogP contribution in [-0.4, -0.2) is 37.3 Å². The molecule has 0 N–H and O–H groups in total. The van der Waals surface area contributed by atoms with E-state index in [0.717, 1.165) is 30.6 Å². The molecule has 2 amide bonds. The molecule has 0 aliphatic carbocycles. The zero-order valence-corrected chi connectivity index (χ0v) is 21.6. The lowest BCUT2D eigenvalue weighted by Gasteiger charge is -2.16. The Labute approximate surface area is 212 Å². The number of methoxy groups -OCH3 is 1. The summed E-state index contributed by atoms with van der Waals surface area (Å²) >= 11 is 0. The largest absolute Gasteiger partial charge is 0.497 e. The summed E-state index contributed by atoms with van der Waals surface area (Å²) in [7, 11) is 1.59. The van der Waals surface area contributed by atoms with Gasteiger partial charge in [-0.3, -0.25) is 9.59 Å². The van der Waals surface area contributed by atoms with E-state index in [0.29, 0.717) is 52.8 Å². The van der Waals surface area contributed by atoms with Crippen LogP contribution < -0.4 is 19.1 Å². The molecule has 192 valence electrons. The van der Waals surface area contributed by atoms with E-state index in [-0.39, 0.29) is 5.88 Å². The molecule has 3 aromatic rings. The first-order valence-corrected chi connectivity index (χ1v) is 12.3. The number of carbonyl (C=O) groups excluding carboxylic acids is 2. The quantitative estimate of drug-likeness (QED) is 0.274. The van der Waals surface area contributed by atoms with E-state index in [1.54, 1.807) is 19.2 Å². The van der Waals surface area contributed by atoms with Crippen LogP contribution in [0, 0.1) is 0 Å². The van der Waals surface area contributed by atoms with Crippen LogP contribution in [0.2, 0.25) is 0 Å². The van der Waals surface area contributed by atoms with Crippen molar-refractivity contribution in [3.05, 3.63) is 42.5 Å². The molecule has 8 heteroatoms. The fourth-order valence-electron chi connectivity index (χ4n) is 3.71. The van der Waals surface area contributed by atoms with Gasteiger partial charge in [-0.2, -0.15) is 0 Å². The van der Waals surface area contributed by atoms with Crippen molar-refractivity contribution >= 4 is 17.7 Å². The van der Waals surface area contributed by atoms with E-state index < -0.39 is 11.8 Å². The van der Waals surface area contributed by atoms with Gasteiger partial charge in [0.25, 0.3) is 0 Å². The molecule has 0 saturated carbocycles. The SMILES string of the molecule is CCCCOc1ccc(-c2noc(N(C(C)=O)C(C)=O)c2-c2ccc(OC)cc2)c(OCCCC)c1. The van der Waals surface area contributed by atoms with Crippen LogP contribution >= 0.6 is 0 Å². The van der Waals surface area contributed by atoms with Crippen LogP contribution in [0.3, 0.4) is 0 Å². The van der Waals surface area contributed by atoms with Gasteiger partial charge >= 0.3 is 0 Å². The maximum atomic E-state index is 12.4. The first-order chi connectivity index (χ1) is 17.4. The van der Waals surface area contributed by atoms with Crippen molar-refractivity contribution in [1.82, 2.24) is 5.16 Å². The molecule has 0 fully saturated rings. The van der Waals surface area contributed by atoms with Gasteiger partial charge in [0.05, 0.1) is 25.9 Å². The van der Waals surface area contributed by atoms with Crippen molar-refractivity contribution in [2.24, 2.45) is 0 Å². The number of amides is 2. The number of benzene rings is 2. The topological polar surface area (TPSA) is 91.1 Å². The van der Waals surface area contributed by atoms with Gasteiger partial charge in [0.15, 0.2) is 0 Å². The minimum Gasteiger partial charge on any atom is -0.497 e. The number of ether oxygens (including phenoxy) is 3. The molecule has 1 aromatic heterocycles. The first-order valence-electron chi connectivity index (χ1n) is 12.3. The predicted molar refractivity (Wildman–Crippen MR) is 139 cm³/mol. The summed E-state index contributed by atoms with van der Waals surface area (Å²) in [6, 6.07) is 12.8. The van der Waals surface area contributed by atoms with Gasteiger partial charge in [-0.25, -0.2) is 4.90 Å². The van der Waals surface area contributed by atoms with Crippen molar-refractivity contribution in [1.29, 1.82) is 0 Å². The molecule has 0 unspecified atom stereocenters. The number of nitrogens with zero attached hydrogens (tertiary/aromatic N) is 2. The van der Waals surface area contributed by atoms with E-state index in [2.05, 4.69) is 19.0 Å². The fourth-order valence-corrected chi connectivity index (χ4v) is 3.71. The lowest BCUT2D eigenvalue weighted by atomic mass is 9.99. The molecule has 0 atom stereocenters. The van der Waals surface area contributed by atoms with E-state index in [4.69, 9.17) is 18.7 Å². The number of hydrogen-bond donors (Lipinski definition) is 0. The van der Waals surface area contributed by atoms with Crippen LogP contribution in [0.1, 0.15) is 53.4 Å². The predicted octanol–water partition coefficient (Wildman–Crippen LogP) is 6.27. The molecule has 8 nitrogen and oxygen atoms in total. The molecule has 1 heterocycles. The van der Waals surface area contributed by atoms with Crippen molar-refractivity contribution in [2.45, 2.75) is 53.4 Å². The number of imide groups is 1. The molecule has 2 aromatic carbocycles. The molecular weight excluding hydrogens is 460 g/mol. The molecule has 0 aliphatic heterocycles. The van der Waals surface area contributed by atoms with Gasteiger partial charge in [0, 0.05) is 25.5 Å². The van der Waals surface area contributed by atoms with Gasteiger partial charge in [0.1, 0.15) is 22.9 Å². The third-order valence-electron chi connectivity index (χ3n) is 5.62. The average Bonchev–Trinajstić information content (AvgIpc) is 3.28. The zero-order chi connectivity index (χ0) is 26.1. The third-order valence-corrected chi connectivity index (χ3v) is 5.62. The Morgan fingerprint density at radius 1 is 0.889 bits per heavy atom. The third kappa shape index (κ3) is 6.24. The average molecular weight is 495 g/mol. The monoisotopic (exact) mass is 494 g/mol. The smallest absolute Gasteiger partial charge is 0.249 e. The van der Waals surface area contributed by atoms with Crippen LogP contribution in [0.4, 0.5) is 5.88 Å². The van der Waals surface area contributed by atoms with E-state index in [1.165, 1.54) is 13.8 Å². The summed E-state index contributed by atoms with van der Waals surface area (Å²) in [5, 5.41) is 4.31. The van der Waals surface area contributed by atoms with Crippen LogP contribution in [0.5, 0.6) is 17.2 Å². The van der Waals surface area contributed by atoms with E-state index in [9.17, 15) is 9.59 Å². The summed E-state index contributed by atoms with van der Waals surface area (Å²) < 4.78 is 23.0. The Kier molecular flexibility index (Phi) is 9.50. The summed E-state index contributed by atoms with van der Waals surface area (Å²) in [6.45, 7) is 7.96. The number of unbranched alkanes of at least 4 members (excludes halogenated alkanes) is 2. The highest BCUT2D eigenvalue weighted by Gasteiger charge is 2.30. The van der Waals surface area contributed by atoms with Gasteiger partial charge in [0.2, 0.25) is 17.7 Å². The van der Waals surface area contributed by atoms with Crippen molar-refractivity contribution in [3.63, 3.8) is 0 Å². The molecule has 3 rings (SSSR count). The number of hydrogen-bond acceptors (Lipinski definition) is 7. The molecule has 0 aliphatic rings. The molecule has 36 heavy (non-hydrogen) atoms. The summed E-state index contributed by atoms with van der Waals surface area (Å²) in [5.74, 6) is 1.06. The van der Waals surface area contributed by atoms with Crippen LogP contribution in [0.25, 0.3) is 22.4 Å². The summed E-state index contributed by atoms with van der Waals surface area (Å²) in [6.07, 6.45) is 3.86. The Morgan fingerprint density at radius 3 is 2.08 bits per heavy atom. The van der Waals surface area contributed by atoms with Crippen LogP contribution in [-0.2, 0) is 9.59 Å². The molecule has 0 spiro atoms. The summed E-state index contributed by atoms with van der Waals surface area (Å²) in [5.41, 5.74) is 2.33. The summed E-state index contributed by atoms with van der Waals surface area (Å²) in [4.78, 5) is 25.7. The highest BCUT2D eigenvalue weighted by molar-refractivity contribution is 6.15.